The molecule has 1 aromatic rings. The van der Waals surface area contributed by atoms with Crippen molar-refractivity contribution in [2.24, 2.45) is 5.92 Å². The minimum atomic E-state index is -0.452. The number of benzene rings is 1. The van der Waals surface area contributed by atoms with Crippen molar-refractivity contribution in [2.45, 2.75) is 32.7 Å². The standard InChI is InChI=1S/C15H21FN2O/c1-10-5-6-13(14(16)8-10)15(19)18-11(2)12-4-3-7-17-9-12/h5-6,8,11-12,17H,3-4,7,9H2,1-2H3,(H,18,19). The molecule has 0 spiro atoms. The first-order valence-corrected chi connectivity index (χ1v) is 6.85. The van der Waals surface area contributed by atoms with Crippen LogP contribution >= 0.6 is 0 Å². The molecule has 2 rings (SSSR count). The number of hydrogen-bond acceptors (Lipinski definition) is 2. The van der Waals surface area contributed by atoms with Gasteiger partial charge in [0.1, 0.15) is 5.82 Å². The van der Waals surface area contributed by atoms with E-state index in [4.69, 9.17) is 0 Å². The Hall–Kier alpha value is -1.42. The van der Waals surface area contributed by atoms with Gasteiger partial charge in [-0.3, -0.25) is 4.79 Å². The SMILES string of the molecule is Cc1ccc(C(=O)NC(C)C2CCCNC2)c(F)c1. The largest absolute Gasteiger partial charge is 0.349 e. The normalized spacial score (nSPS) is 20.9. The summed E-state index contributed by atoms with van der Waals surface area (Å²) in [5.41, 5.74) is 0.944. The van der Waals surface area contributed by atoms with Crippen molar-refractivity contribution in [3.63, 3.8) is 0 Å². The Morgan fingerprint density at radius 2 is 2.32 bits per heavy atom. The average Bonchev–Trinajstić information content (AvgIpc) is 2.39. The van der Waals surface area contributed by atoms with Gasteiger partial charge in [0, 0.05) is 6.04 Å². The molecule has 19 heavy (non-hydrogen) atoms. The van der Waals surface area contributed by atoms with Gasteiger partial charge in [0.05, 0.1) is 5.56 Å². The third-order valence-corrected chi connectivity index (χ3v) is 3.77. The van der Waals surface area contributed by atoms with Crippen molar-refractivity contribution in [1.82, 2.24) is 10.6 Å². The third kappa shape index (κ3) is 3.53. The Kier molecular flexibility index (Phi) is 4.53. The van der Waals surface area contributed by atoms with E-state index in [9.17, 15) is 9.18 Å². The molecule has 2 N–H and O–H groups in total. The Balaban J connectivity index is 1.99. The highest BCUT2D eigenvalue weighted by molar-refractivity contribution is 5.94. The highest BCUT2D eigenvalue weighted by Crippen LogP contribution is 2.15. The quantitative estimate of drug-likeness (QED) is 0.879. The number of nitrogens with one attached hydrogen (secondary N) is 2. The van der Waals surface area contributed by atoms with Crippen LogP contribution in [0, 0.1) is 18.7 Å². The molecular weight excluding hydrogens is 243 g/mol. The van der Waals surface area contributed by atoms with Gasteiger partial charge >= 0.3 is 0 Å². The topological polar surface area (TPSA) is 41.1 Å². The van der Waals surface area contributed by atoms with Crippen LogP contribution in [-0.4, -0.2) is 25.0 Å². The van der Waals surface area contributed by atoms with Crippen LogP contribution in [0.1, 0.15) is 35.7 Å². The van der Waals surface area contributed by atoms with Crippen LogP contribution in [-0.2, 0) is 0 Å². The summed E-state index contributed by atoms with van der Waals surface area (Å²) < 4.78 is 13.7. The zero-order valence-corrected chi connectivity index (χ0v) is 11.5. The molecule has 3 nitrogen and oxygen atoms in total. The van der Waals surface area contributed by atoms with Crippen LogP contribution in [0.2, 0.25) is 0 Å². The molecule has 0 bridgehead atoms. The molecule has 1 fully saturated rings. The Morgan fingerprint density at radius 3 is 2.95 bits per heavy atom. The van der Waals surface area contributed by atoms with E-state index in [0.29, 0.717) is 5.92 Å². The van der Waals surface area contributed by atoms with Crippen molar-refractivity contribution in [1.29, 1.82) is 0 Å². The zero-order chi connectivity index (χ0) is 13.8. The number of piperidine rings is 1. The molecule has 1 aliphatic heterocycles. The molecule has 2 unspecified atom stereocenters. The number of carbonyl (C=O) groups excluding carboxylic acids is 1. The van der Waals surface area contributed by atoms with Crippen LogP contribution < -0.4 is 10.6 Å². The first kappa shape index (κ1) is 14.0. The first-order valence-electron chi connectivity index (χ1n) is 6.85. The maximum Gasteiger partial charge on any atom is 0.254 e. The summed E-state index contributed by atoms with van der Waals surface area (Å²) in [5.74, 6) is -0.353. The maximum atomic E-state index is 13.7. The lowest BCUT2D eigenvalue weighted by Crippen LogP contribution is -2.44. The summed E-state index contributed by atoms with van der Waals surface area (Å²) in [6, 6.07) is 4.75. The van der Waals surface area contributed by atoms with E-state index in [0.717, 1.165) is 31.5 Å². The van der Waals surface area contributed by atoms with Gasteiger partial charge in [-0.1, -0.05) is 6.07 Å². The number of carbonyl (C=O) groups is 1. The lowest BCUT2D eigenvalue weighted by Gasteiger charge is -2.29. The highest BCUT2D eigenvalue weighted by atomic mass is 19.1. The fourth-order valence-corrected chi connectivity index (χ4v) is 2.51. The van der Waals surface area contributed by atoms with Crippen LogP contribution in [0.4, 0.5) is 4.39 Å². The molecule has 2 atom stereocenters. The van der Waals surface area contributed by atoms with Gasteiger partial charge < -0.3 is 10.6 Å². The lowest BCUT2D eigenvalue weighted by molar-refractivity contribution is 0.0918. The molecule has 1 aromatic carbocycles. The van der Waals surface area contributed by atoms with Gasteiger partial charge in [-0.15, -0.1) is 0 Å². The summed E-state index contributed by atoms with van der Waals surface area (Å²) >= 11 is 0. The van der Waals surface area contributed by atoms with Crippen molar-refractivity contribution in [3.05, 3.63) is 35.1 Å². The molecule has 0 saturated carbocycles. The molecule has 104 valence electrons. The zero-order valence-electron chi connectivity index (χ0n) is 11.5. The van der Waals surface area contributed by atoms with E-state index in [1.54, 1.807) is 19.1 Å². The van der Waals surface area contributed by atoms with E-state index < -0.39 is 5.82 Å². The number of halogens is 1. The van der Waals surface area contributed by atoms with Crippen molar-refractivity contribution in [2.75, 3.05) is 13.1 Å². The molecule has 1 aliphatic rings. The molecule has 1 heterocycles. The predicted octanol–water partition coefficient (Wildman–Crippen LogP) is 2.25. The summed E-state index contributed by atoms with van der Waals surface area (Å²) in [5, 5.41) is 6.23. The Morgan fingerprint density at radius 1 is 1.53 bits per heavy atom. The van der Waals surface area contributed by atoms with Crippen molar-refractivity contribution >= 4 is 5.91 Å². The summed E-state index contributed by atoms with van der Waals surface area (Å²) in [4.78, 5) is 12.1. The molecule has 4 heteroatoms. The molecule has 0 aromatic heterocycles. The maximum absolute atomic E-state index is 13.7. The Bertz CT molecular complexity index is 455. The van der Waals surface area contributed by atoms with Gasteiger partial charge in [0.15, 0.2) is 0 Å². The number of aryl methyl sites for hydroxylation is 1. The molecule has 0 radical (unpaired) electrons. The summed E-state index contributed by atoms with van der Waals surface area (Å²) in [6.07, 6.45) is 2.23. The van der Waals surface area contributed by atoms with Crippen LogP contribution in [0.3, 0.4) is 0 Å². The van der Waals surface area contributed by atoms with Gasteiger partial charge in [-0.25, -0.2) is 4.39 Å². The minimum absolute atomic E-state index is 0.0565. The molecule has 1 amide bonds. The lowest BCUT2D eigenvalue weighted by atomic mass is 9.92. The first-order chi connectivity index (χ1) is 9.08. The second kappa shape index (κ2) is 6.15. The van der Waals surface area contributed by atoms with Gasteiger partial charge in [-0.05, 0) is 63.4 Å². The number of rotatable bonds is 3. The average molecular weight is 264 g/mol. The van der Waals surface area contributed by atoms with E-state index in [1.807, 2.05) is 6.92 Å². The third-order valence-electron chi connectivity index (χ3n) is 3.77. The fourth-order valence-electron chi connectivity index (χ4n) is 2.51. The summed E-state index contributed by atoms with van der Waals surface area (Å²) in [7, 11) is 0. The van der Waals surface area contributed by atoms with E-state index in [-0.39, 0.29) is 17.5 Å². The van der Waals surface area contributed by atoms with Gasteiger partial charge in [0.25, 0.3) is 5.91 Å². The van der Waals surface area contributed by atoms with E-state index in [2.05, 4.69) is 10.6 Å². The van der Waals surface area contributed by atoms with E-state index >= 15 is 0 Å². The fraction of sp³-hybridized carbons (Fsp3) is 0.533. The molecule has 1 saturated heterocycles. The number of hydrogen-bond donors (Lipinski definition) is 2. The van der Waals surface area contributed by atoms with E-state index in [1.165, 1.54) is 6.07 Å². The van der Waals surface area contributed by atoms with Crippen molar-refractivity contribution in [3.8, 4) is 0 Å². The molecular formula is C15H21FN2O. The van der Waals surface area contributed by atoms with Crippen LogP contribution in [0.25, 0.3) is 0 Å². The smallest absolute Gasteiger partial charge is 0.254 e. The predicted molar refractivity (Wildman–Crippen MR) is 73.7 cm³/mol. The summed E-state index contributed by atoms with van der Waals surface area (Å²) in [6.45, 7) is 5.75. The van der Waals surface area contributed by atoms with Gasteiger partial charge in [-0.2, -0.15) is 0 Å². The highest BCUT2D eigenvalue weighted by Gasteiger charge is 2.22. The number of amides is 1. The Labute approximate surface area is 113 Å². The van der Waals surface area contributed by atoms with Crippen LogP contribution in [0.5, 0.6) is 0 Å². The van der Waals surface area contributed by atoms with Gasteiger partial charge in [0.2, 0.25) is 0 Å². The molecule has 0 aliphatic carbocycles. The van der Waals surface area contributed by atoms with Crippen LogP contribution in [0.15, 0.2) is 18.2 Å². The second-order valence-corrected chi connectivity index (χ2v) is 5.35. The monoisotopic (exact) mass is 264 g/mol. The minimum Gasteiger partial charge on any atom is -0.349 e. The van der Waals surface area contributed by atoms with Crippen molar-refractivity contribution < 1.29 is 9.18 Å². The second-order valence-electron chi connectivity index (χ2n) is 5.35.